The fourth-order valence-electron chi connectivity index (χ4n) is 4.50. The fraction of sp³-hybridized carbons (Fsp3) is 0.550. The second-order valence-corrected chi connectivity index (χ2v) is 8.70. The highest BCUT2D eigenvalue weighted by Gasteiger charge is 2.63. The van der Waals surface area contributed by atoms with Crippen LogP contribution in [0.25, 0.3) is 0 Å². The molecule has 1 aliphatic carbocycles. The van der Waals surface area contributed by atoms with Crippen molar-refractivity contribution in [3.63, 3.8) is 0 Å². The van der Waals surface area contributed by atoms with Crippen molar-refractivity contribution in [3.8, 4) is 0 Å². The van der Waals surface area contributed by atoms with Crippen LogP contribution < -0.4 is 0 Å². The van der Waals surface area contributed by atoms with Crippen LogP contribution >= 0.6 is 0 Å². The number of imide groups is 1. The monoisotopic (exact) mass is 392 g/mol. The first kappa shape index (κ1) is 18.8. The number of fused-ring (bicyclic) bond motifs is 3. The SMILES string of the molecule is CC(C)(C)OC(=O)N1C2C[C@@H](CC2(F)F)[C@H]1CN1C(=O)c2ccccc2C1=O. The minimum absolute atomic E-state index is 0.108. The van der Waals surface area contributed by atoms with E-state index < -0.39 is 47.4 Å². The van der Waals surface area contributed by atoms with E-state index in [9.17, 15) is 23.2 Å². The van der Waals surface area contributed by atoms with Gasteiger partial charge in [-0.3, -0.25) is 19.4 Å². The molecule has 1 aromatic rings. The topological polar surface area (TPSA) is 66.9 Å². The molecule has 3 aliphatic rings. The number of likely N-dealkylation sites (tertiary alicyclic amines) is 1. The summed E-state index contributed by atoms with van der Waals surface area (Å²) >= 11 is 0. The predicted octanol–water partition coefficient (Wildman–Crippen LogP) is 3.32. The Morgan fingerprint density at radius 1 is 1.18 bits per heavy atom. The van der Waals surface area contributed by atoms with Crippen molar-refractivity contribution in [3.05, 3.63) is 35.4 Å². The average molecular weight is 392 g/mol. The van der Waals surface area contributed by atoms with Gasteiger partial charge in [-0.15, -0.1) is 0 Å². The molecule has 0 N–H and O–H groups in total. The highest BCUT2D eigenvalue weighted by Crippen LogP contribution is 2.51. The van der Waals surface area contributed by atoms with Crippen LogP contribution in [0.2, 0.25) is 0 Å². The standard InChI is InChI=1S/C20H22F2N2O4/c1-19(2,3)28-18(27)24-14(11-8-15(24)20(21,22)9-11)10-23-16(25)12-6-4-5-7-13(12)17(23)26/h4-7,11,14-15H,8-10H2,1-3H3/t11-,14+,15?/m0/s1. The van der Waals surface area contributed by atoms with Crippen LogP contribution in [0.5, 0.6) is 0 Å². The quantitative estimate of drug-likeness (QED) is 0.725. The van der Waals surface area contributed by atoms with Gasteiger partial charge in [-0.1, -0.05) is 12.1 Å². The second-order valence-electron chi connectivity index (χ2n) is 8.70. The summed E-state index contributed by atoms with van der Waals surface area (Å²) in [5.74, 6) is -4.41. The molecule has 6 nitrogen and oxygen atoms in total. The van der Waals surface area contributed by atoms with Crippen molar-refractivity contribution in [2.75, 3.05) is 6.54 Å². The maximum absolute atomic E-state index is 14.3. The largest absolute Gasteiger partial charge is 0.444 e. The van der Waals surface area contributed by atoms with Gasteiger partial charge in [0.25, 0.3) is 17.7 Å². The van der Waals surface area contributed by atoms with Gasteiger partial charge in [-0.2, -0.15) is 0 Å². The summed E-state index contributed by atoms with van der Waals surface area (Å²) in [6.07, 6.45) is -1.05. The van der Waals surface area contributed by atoms with Crippen LogP contribution in [0.1, 0.15) is 54.3 Å². The van der Waals surface area contributed by atoms with Gasteiger partial charge in [-0.05, 0) is 45.2 Å². The first-order valence-electron chi connectivity index (χ1n) is 9.34. The summed E-state index contributed by atoms with van der Waals surface area (Å²) in [6, 6.07) is 4.51. The van der Waals surface area contributed by atoms with E-state index >= 15 is 0 Å². The van der Waals surface area contributed by atoms with Crippen molar-refractivity contribution in [1.82, 2.24) is 9.80 Å². The van der Waals surface area contributed by atoms with E-state index in [0.29, 0.717) is 11.1 Å². The van der Waals surface area contributed by atoms with Crippen molar-refractivity contribution < 1.29 is 27.9 Å². The normalized spacial score (nSPS) is 28.1. The van der Waals surface area contributed by atoms with Gasteiger partial charge in [-0.25, -0.2) is 13.6 Å². The highest BCUT2D eigenvalue weighted by atomic mass is 19.3. The van der Waals surface area contributed by atoms with E-state index in [2.05, 4.69) is 0 Å². The van der Waals surface area contributed by atoms with Crippen molar-refractivity contribution >= 4 is 17.9 Å². The molecule has 3 amide bonds. The molecule has 150 valence electrons. The Labute approximate surface area is 161 Å². The summed E-state index contributed by atoms with van der Waals surface area (Å²) in [7, 11) is 0. The van der Waals surface area contributed by atoms with E-state index in [1.165, 1.54) is 0 Å². The van der Waals surface area contributed by atoms with E-state index in [-0.39, 0.29) is 19.4 Å². The number of piperidine rings is 1. The molecule has 2 heterocycles. The van der Waals surface area contributed by atoms with Gasteiger partial charge in [0.2, 0.25) is 0 Å². The van der Waals surface area contributed by atoms with Crippen LogP contribution in [0.15, 0.2) is 24.3 Å². The molecule has 4 rings (SSSR count). The van der Waals surface area contributed by atoms with Gasteiger partial charge in [0.1, 0.15) is 5.60 Å². The number of halogens is 2. The number of hydrogen-bond donors (Lipinski definition) is 0. The molecule has 0 spiro atoms. The molecule has 1 aromatic carbocycles. The van der Waals surface area contributed by atoms with Gasteiger partial charge < -0.3 is 4.74 Å². The number of carbonyl (C=O) groups is 3. The molecule has 1 saturated heterocycles. The Bertz CT molecular complexity index is 829. The number of carbonyl (C=O) groups excluding carboxylic acids is 3. The summed E-state index contributed by atoms with van der Waals surface area (Å²) in [6.45, 7) is 4.88. The molecular formula is C20H22F2N2O4. The lowest BCUT2D eigenvalue weighted by atomic mass is 9.96. The summed E-state index contributed by atoms with van der Waals surface area (Å²) in [5.41, 5.74) is -0.247. The number of hydrogen-bond acceptors (Lipinski definition) is 4. The van der Waals surface area contributed by atoms with Crippen LogP contribution in [0.4, 0.5) is 13.6 Å². The zero-order valence-corrected chi connectivity index (χ0v) is 15.9. The van der Waals surface area contributed by atoms with E-state index in [4.69, 9.17) is 4.74 Å². The van der Waals surface area contributed by atoms with Crippen molar-refractivity contribution in [1.29, 1.82) is 0 Å². The number of amides is 3. The predicted molar refractivity (Wildman–Crippen MR) is 95.1 cm³/mol. The van der Waals surface area contributed by atoms with Crippen LogP contribution in [-0.2, 0) is 4.74 Å². The lowest BCUT2D eigenvalue weighted by Gasteiger charge is -2.40. The lowest BCUT2D eigenvalue weighted by Crippen LogP contribution is -2.57. The van der Waals surface area contributed by atoms with Crippen LogP contribution in [-0.4, -0.2) is 57.9 Å². The Morgan fingerprint density at radius 2 is 1.75 bits per heavy atom. The zero-order valence-electron chi connectivity index (χ0n) is 15.9. The fourth-order valence-corrected chi connectivity index (χ4v) is 4.50. The maximum atomic E-state index is 14.3. The third kappa shape index (κ3) is 2.86. The number of rotatable bonds is 2. The minimum Gasteiger partial charge on any atom is -0.444 e. The third-order valence-corrected chi connectivity index (χ3v) is 5.64. The smallest absolute Gasteiger partial charge is 0.411 e. The van der Waals surface area contributed by atoms with E-state index in [0.717, 1.165) is 9.80 Å². The molecule has 2 bridgehead atoms. The summed E-state index contributed by atoms with van der Waals surface area (Å²) in [4.78, 5) is 40.1. The molecule has 2 aliphatic heterocycles. The molecule has 28 heavy (non-hydrogen) atoms. The average Bonchev–Trinajstić information content (AvgIpc) is 3.17. The zero-order chi connectivity index (χ0) is 20.4. The molecule has 0 aromatic heterocycles. The first-order chi connectivity index (χ1) is 13.0. The Hall–Kier alpha value is -2.51. The Kier molecular flexibility index (Phi) is 4.03. The molecule has 8 heteroatoms. The van der Waals surface area contributed by atoms with E-state index in [1.54, 1.807) is 45.0 Å². The van der Waals surface area contributed by atoms with Crippen LogP contribution in [0.3, 0.4) is 0 Å². The molecule has 3 atom stereocenters. The molecule has 0 radical (unpaired) electrons. The molecule has 1 unspecified atom stereocenters. The number of nitrogens with zero attached hydrogens (tertiary/aromatic N) is 2. The summed E-state index contributed by atoms with van der Waals surface area (Å²) in [5, 5.41) is 0. The maximum Gasteiger partial charge on any atom is 0.411 e. The Balaban J connectivity index is 1.61. The highest BCUT2D eigenvalue weighted by molar-refractivity contribution is 6.21. The minimum atomic E-state index is -3.00. The third-order valence-electron chi connectivity index (χ3n) is 5.64. The van der Waals surface area contributed by atoms with Crippen molar-refractivity contribution in [2.24, 2.45) is 5.92 Å². The second kappa shape index (κ2) is 5.99. The lowest BCUT2D eigenvalue weighted by molar-refractivity contribution is -0.0962. The number of ether oxygens (including phenoxy) is 1. The Morgan fingerprint density at radius 3 is 2.29 bits per heavy atom. The number of benzene rings is 1. The van der Waals surface area contributed by atoms with Gasteiger partial charge in [0, 0.05) is 6.42 Å². The molecular weight excluding hydrogens is 370 g/mol. The summed E-state index contributed by atoms with van der Waals surface area (Å²) < 4.78 is 34.0. The van der Waals surface area contributed by atoms with Gasteiger partial charge in [0.15, 0.2) is 0 Å². The van der Waals surface area contributed by atoms with Crippen LogP contribution in [0, 0.1) is 5.92 Å². The van der Waals surface area contributed by atoms with Gasteiger partial charge >= 0.3 is 6.09 Å². The van der Waals surface area contributed by atoms with Crippen molar-refractivity contribution in [2.45, 2.75) is 57.2 Å². The molecule has 2 fully saturated rings. The molecule has 1 saturated carbocycles. The first-order valence-corrected chi connectivity index (χ1v) is 9.34. The number of alkyl halides is 2. The van der Waals surface area contributed by atoms with E-state index in [1.807, 2.05) is 0 Å². The van der Waals surface area contributed by atoms with Gasteiger partial charge in [0.05, 0.1) is 29.8 Å².